The number of amides is 2. The number of hydrogen-bond donors (Lipinski definition) is 11. The van der Waals surface area contributed by atoms with Crippen LogP contribution < -0.4 is 16.4 Å². The summed E-state index contributed by atoms with van der Waals surface area (Å²) in [5, 5.41) is 83.2. The summed E-state index contributed by atoms with van der Waals surface area (Å²) >= 11 is 0.287. The topological polar surface area (TPSA) is 350 Å². The summed E-state index contributed by atoms with van der Waals surface area (Å²) < 4.78 is 10.6. The van der Waals surface area contributed by atoms with Gasteiger partial charge in [0, 0.05) is 12.2 Å². The molecule has 1 aromatic rings. The molecule has 0 saturated carbocycles. The van der Waals surface area contributed by atoms with E-state index in [9.17, 15) is 64.2 Å². The van der Waals surface area contributed by atoms with Crippen LogP contribution in [0.15, 0.2) is 52.3 Å². The SMILES string of the molecule is NC(CCC(=O)NC(CSC1=C(O)C(C(=O)/C=C/c2ccc(O)cc2)=C(OC2OC(CO)C(O)C(O)C2O)C(=O)C1=O)C(=O)NCC(=O)O)C(=O)O. The highest BCUT2D eigenvalue weighted by atomic mass is 32.2. The average molecular weight is 754 g/mol. The summed E-state index contributed by atoms with van der Waals surface area (Å²) in [5.74, 6) is -12.3. The van der Waals surface area contributed by atoms with Gasteiger partial charge in [0.15, 0.2) is 11.5 Å². The normalized spacial score (nSPS) is 23.3. The maximum atomic E-state index is 13.5. The van der Waals surface area contributed by atoms with Gasteiger partial charge in [0.05, 0.1) is 6.61 Å². The van der Waals surface area contributed by atoms with Crippen LogP contribution in [-0.4, -0.2) is 144 Å². The van der Waals surface area contributed by atoms with Gasteiger partial charge in [0.2, 0.25) is 23.9 Å². The number of ether oxygens (including phenoxy) is 2. The molecule has 0 bridgehead atoms. The number of aromatic hydroxyl groups is 1. The standard InChI is InChI=1S/C31H35N3O17S/c32-14(30(48)49)6-8-18(38)34-15(29(47)33-9-19(39)40)11-52-28-22(42)20(16(37)7-3-12-1-4-13(36)5-2-12)27(24(44)25(28)45)51-31-26(46)23(43)21(41)17(10-35)50-31/h1-5,7,14-15,17,21,23,26,31,35-36,41-43,46H,6,8-11,32H2,(H,33,47)(H,34,38)(H,39,40)(H,48,49)/b7-3+. The minimum Gasteiger partial charge on any atom is -0.508 e. The maximum Gasteiger partial charge on any atom is 0.322 e. The van der Waals surface area contributed by atoms with Gasteiger partial charge < -0.3 is 66.7 Å². The van der Waals surface area contributed by atoms with Crippen LogP contribution >= 0.6 is 11.8 Å². The van der Waals surface area contributed by atoms with Crippen molar-refractivity contribution in [3.05, 3.63) is 57.9 Å². The van der Waals surface area contributed by atoms with Crippen LogP contribution in [0, 0.1) is 0 Å². The molecule has 0 aromatic heterocycles. The monoisotopic (exact) mass is 753 g/mol. The molecule has 1 aliphatic heterocycles. The number of aliphatic hydroxyl groups is 5. The first-order valence-electron chi connectivity index (χ1n) is 15.1. The lowest BCUT2D eigenvalue weighted by atomic mass is 9.95. The number of ketones is 3. The average Bonchev–Trinajstić information content (AvgIpc) is 3.10. The minimum atomic E-state index is -2.11. The van der Waals surface area contributed by atoms with Crippen molar-refractivity contribution in [1.82, 2.24) is 10.6 Å². The molecule has 20 nitrogen and oxygen atoms in total. The van der Waals surface area contributed by atoms with Gasteiger partial charge in [0.1, 0.15) is 65.0 Å². The highest BCUT2D eigenvalue weighted by Crippen LogP contribution is 2.35. The Morgan fingerprint density at radius 3 is 2.23 bits per heavy atom. The Bertz CT molecular complexity index is 1670. The molecule has 1 aromatic carbocycles. The second-order valence-electron chi connectivity index (χ2n) is 11.2. The Morgan fingerprint density at radius 2 is 1.63 bits per heavy atom. The van der Waals surface area contributed by atoms with E-state index in [-0.39, 0.29) is 23.9 Å². The third kappa shape index (κ3) is 10.4. The zero-order chi connectivity index (χ0) is 38.9. The number of aliphatic carboxylic acids is 2. The van der Waals surface area contributed by atoms with E-state index < -0.39 is 131 Å². The molecule has 21 heteroatoms. The van der Waals surface area contributed by atoms with E-state index in [0.717, 1.165) is 6.08 Å². The van der Waals surface area contributed by atoms with Crippen molar-refractivity contribution in [2.45, 2.75) is 55.6 Å². The fourth-order valence-electron chi connectivity index (χ4n) is 4.56. The molecule has 1 aliphatic carbocycles. The number of carbonyl (C=O) groups excluding carboxylic acids is 5. The smallest absolute Gasteiger partial charge is 0.322 e. The lowest BCUT2D eigenvalue weighted by molar-refractivity contribution is -0.290. The number of nitrogens with one attached hydrogen (secondary N) is 2. The van der Waals surface area contributed by atoms with Crippen molar-refractivity contribution < 1.29 is 83.9 Å². The number of hydrogen-bond acceptors (Lipinski definition) is 17. The predicted octanol–water partition coefficient (Wildman–Crippen LogP) is -3.42. The van der Waals surface area contributed by atoms with Crippen LogP contribution in [-0.2, 0) is 43.0 Å². The molecule has 0 spiro atoms. The van der Waals surface area contributed by atoms with Crippen LogP contribution in [0.3, 0.4) is 0 Å². The van der Waals surface area contributed by atoms with Crippen LogP contribution in [0.25, 0.3) is 6.08 Å². The Labute approximate surface area is 297 Å². The molecule has 1 saturated heterocycles. The van der Waals surface area contributed by atoms with Crippen LogP contribution in [0.4, 0.5) is 0 Å². The van der Waals surface area contributed by atoms with Crippen molar-refractivity contribution in [2.24, 2.45) is 5.73 Å². The summed E-state index contributed by atoms with van der Waals surface area (Å²) in [7, 11) is 0. The van der Waals surface area contributed by atoms with E-state index in [1.165, 1.54) is 30.3 Å². The van der Waals surface area contributed by atoms with Gasteiger partial charge in [-0.25, -0.2) is 0 Å². The van der Waals surface area contributed by atoms with Gasteiger partial charge in [-0.05, 0) is 30.2 Å². The van der Waals surface area contributed by atoms with Gasteiger partial charge in [0.25, 0.3) is 5.78 Å². The highest BCUT2D eigenvalue weighted by molar-refractivity contribution is 8.04. The van der Waals surface area contributed by atoms with Crippen molar-refractivity contribution in [2.75, 3.05) is 18.9 Å². The number of thioether (sulfide) groups is 1. The lowest BCUT2D eigenvalue weighted by Crippen LogP contribution is -2.59. The number of benzene rings is 1. The first-order chi connectivity index (χ1) is 24.5. The van der Waals surface area contributed by atoms with E-state index in [4.69, 9.17) is 25.4 Å². The van der Waals surface area contributed by atoms with E-state index in [0.29, 0.717) is 5.56 Å². The van der Waals surface area contributed by atoms with Gasteiger partial charge >= 0.3 is 11.9 Å². The second kappa shape index (κ2) is 18.4. The van der Waals surface area contributed by atoms with E-state index in [2.05, 4.69) is 5.32 Å². The number of rotatable bonds is 17. The third-order valence-electron chi connectivity index (χ3n) is 7.41. The summed E-state index contributed by atoms with van der Waals surface area (Å²) in [5.41, 5.74) is 4.76. The van der Waals surface area contributed by atoms with Crippen LogP contribution in [0.2, 0.25) is 0 Å². The minimum absolute atomic E-state index is 0.102. The number of Topliss-reactive ketones (excluding diaryl/α,β-unsaturated/α-hetero) is 2. The van der Waals surface area contributed by atoms with Gasteiger partial charge in [-0.3, -0.25) is 33.6 Å². The Kier molecular flexibility index (Phi) is 14.6. The number of carbonyl (C=O) groups is 7. The first kappa shape index (κ1) is 41.3. The molecule has 3 rings (SSSR count). The molecular formula is C31H35N3O17S. The van der Waals surface area contributed by atoms with Gasteiger partial charge in [-0.15, -0.1) is 11.8 Å². The van der Waals surface area contributed by atoms with E-state index in [1.54, 1.807) is 0 Å². The van der Waals surface area contributed by atoms with Gasteiger partial charge in [-0.1, -0.05) is 18.2 Å². The molecule has 2 aliphatic rings. The number of carboxylic acid groups (broad SMARTS) is 2. The molecule has 12 N–H and O–H groups in total. The number of aliphatic hydroxyl groups excluding tert-OH is 5. The molecule has 0 radical (unpaired) electrons. The molecule has 7 unspecified atom stereocenters. The van der Waals surface area contributed by atoms with Crippen molar-refractivity contribution >= 4 is 58.9 Å². The summed E-state index contributed by atoms with van der Waals surface area (Å²) in [6, 6.07) is 2.26. The zero-order valence-corrected chi connectivity index (χ0v) is 27.6. The number of phenolic OH excluding ortho intramolecular Hbond substituents is 1. The summed E-state index contributed by atoms with van der Waals surface area (Å²) in [6.07, 6.45) is -8.42. The van der Waals surface area contributed by atoms with Gasteiger partial charge in [-0.2, -0.15) is 0 Å². The quantitative estimate of drug-likeness (QED) is 0.0419. The Morgan fingerprint density at radius 1 is 0.981 bits per heavy atom. The van der Waals surface area contributed by atoms with Crippen molar-refractivity contribution in [3.8, 4) is 5.75 Å². The van der Waals surface area contributed by atoms with Crippen LogP contribution in [0.5, 0.6) is 5.75 Å². The number of phenols is 1. The Hall–Kier alpha value is -5.16. The summed E-state index contributed by atoms with van der Waals surface area (Å²) in [6.45, 7) is -1.81. The van der Waals surface area contributed by atoms with Crippen LogP contribution in [0.1, 0.15) is 18.4 Å². The predicted molar refractivity (Wildman–Crippen MR) is 174 cm³/mol. The molecule has 1 heterocycles. The fraction of sp³-hybridized carbons (Fsp3) is 0.387. The molecule has 2 amide bonds. The van der Waals surface area contributed by atoms with Crippen molar-refractivity contribution in [3.63, 3.8) is 0 Å². The third-order valence-corrected chi connectivity index (χ3v) is 8.57. The molecule has 52 heavy (non-hydrogen) atoms. The number of allylic oxidation sites excluding steroid dienone is 4. The fourth-order valence-corrected chi connectivity index (χ4v) is 5.59. The molecule has 282 valence electrons. The second-order valence-corrected chi connectivity index (χ2v) is 12.2. The van der Waals surface area contributed by atoms with E-state index in [1.807, 2.05) is 5.32 Å². The summed E-state index contributed by atoms with van der Waals surface area (Å²) in [4.78, 5) is 86.8. The molecular weight excluding hydrogens is 718 g/mol. The molecule has 1 fully saturated rings. The first-order valence-corrected chi connectivity index (χ1v) is 16.1. The van der Waals surface area contributed by atoms with Crippen molar-refractivity contribution in [1.29, 1.82) is 0 Å². The maximum absolute atomic E-state index is 13.5. The number of nitrogens with two attached hydrogens (primary N) is 1. The Balaban J connectivity index is 2.02. The number of carboxylic acids is 2. The largest absolute Gasteiger partial charge is 0.508 e. The van der Waals surface area contributed by atoms with E-state index >= 15 is 0 Å². The molecule has 7 atom stereocenters. The lowest BCUT2D eigenvalue weighted by Gasteiger charge is -2.40. The zero-order valence-electron chi connectivity index (χ0n) is 26.8. The highest BCUT2D eigenvalue weighted by Gasteiger charge is 2.48.